The normalized spacial score (nSPS) is 13.7. The van der Waals surface area contributed by atoms with Crippen LogP contribution in [0.1, 0.15) is 28.5 Å². The fourth-order valence-electron chi connectivity index (χ4n) is 2.67. The molecule has 1 heterocycles. The number of thiophene rings is 1. The summed E-state index contributed by atoms with van der Waals surface area (Å²) >= 11 is 1.74. The fourth-order valence-corrected chi connectivity index (χ4v) is 3.47. The second-order valence-corrected chi connectivity index (χ2v) is 7.12. The topological polar surface area (TPSA) is 33.5 Å². The van der Waals surface area contributed by atoms with Gasteiger partial charge in [-0.2, -0.15) is 0 Å². The van der Waals surface area contributed by atoms with E-state index in [2.05, 4.69) is 48.9 Å². The Bertz CT molecular complexity index is 626. The van der Waals surface area contributed by atoms with Crippen LogP contribution in [0.4, 0.5) is 5.69 Å². The van der Waals surface area contributed by atoms with Gasteiger partial charge < -0.3 is 10.2 Å². The summed E-state index contributed by atoms with van der Waals surface area (Å²) in [6.45, 7) is 9.02. The summed E-state index contributed by atoms with van der Waals surface area (Å²) < 4.78 is 0. The molecule has 2 aromatic rings. The molecule has 0 spiro atoms. The second-order valence-electron chi connectivity index (χ2n) is 6.09. The number of rotatable bonds is 5. The molecule has 1 unspecified atom stereocenters. The van der Waals surface area contributed by atoms with Gasteiger partial charge in [-0.25, -0.2) is 0 Å². The first-order chi connectivity index (χ1) is 10.4. The Hall–Kier alpha value is -1.65. The Morgan fingerprint density at radius 3 is 2.45 bits per heavy atom. The summed E-state index contributed by atoms with van der Waals surface area (Å²) in [4.78, 5) is 15.0. The minimum absolute atomic E-state index is 0.0732. The quantitative estimate of drug-likeness (QED) is 0.873. The molecule has 2 rings (SSSR count). The minimum Gasteiger partial charge on any atom is -0.323 e. The van der Waals surface area contributed by atoms with Crippen LogP contribution in [0.25, 0.3) is 0 Å². The van der Waals surface area contributed by atoms with Gasteiger partial charge in [0, 0.05) is 5.69 Å². The first-order valence-corrected chi connectivity index (χ1v) is 8.50. The Morgan fingerprint density at radius 1 is 1.27 bits per heavy atom. The molecule has 1 aromatic heterocycles. The van der Waals surface area contributed by atoms with Crippen LogP contribution in [0, 0.1) is 20.8 Å². The van der Waals surface area contributed by atoms with E-state index in [0.717, 1.165) is 23.4 Å². The van der Waals surface area contributed by atoms with E-state index in [4.69, 9.17) is 0 Å². The number of quaternary nitrogens is 1. The smallest absolute Gasteiger partial charge is 0.282 e. The van der Waals surface area contributed by atoms with Crippen LogP contribution >= 0.6 is 11.3 Å². The minimum atomic E-state index is -0.0952. The van der Waals surface area contributed by atoms with Crippen molar-refractivity contribution in [1.82, 2.24) is 0 Å². The molecule has 0 fully saturated rings. The second kappa shape index (κ2) is 7.07. The van der Waals surface area contributed by atoms with Gasteiger partial charge in [0.1, 0.15) is 6.54 Å². The van der Waals surface area contributed by atoms with Gasteiger partial charge in [0.2, 0.25) is 0 Å². The van der Waals surface area contributed by atoms with Crippen molar-refractivity contribution in [3.05, 3.63) is 51.2 Å². The number of carbonyl (C=O) groups excluding carboxylic acids is 1. The third-order valence-corrected chi connectivity index (χ3v) is 4.97. The average Bonchev–Trinajstić information content (AvgIpc) is 2.94. The van der Waals surface area contributed by atoms with Crippen molar-refractivity contribution in [3.63, 3.8) is 0 Å². The van der Waals surface area contributed by atoms with Gasteiger partial charge in [-0.15, -0.1) is 11.3 Å². The van der Waals surface area contributed by atoms with Gasteiger partial charge in [-0.3, -0.25) is 4.79 Å². The summed E-state index contributed by atoms with van der Waals surface area (Å²) in [6.07, 6.45) is 0. The predicted octanol–water partition coefficient (Wildman–Crippen LogP) is 2.72. The van der Waals surface area contributed by atoms with E-state index >= 15 is 0 Å². The standard InChI is InChI=1S/C18H24N2OS/c1-12-9-13(2)17(14(3)10-12)19-18(21)15(4)20(5)11-16-7-6-8-22-16/h6-10,15H,11H2,1-5H3,(H,19,21)/p+1/t15-/m1/s1. The molecule has 1 amide bonds. The van der Waals surface area contributed by atoms with E-state index in [0.29, 0.717) is 0 Å². The van der Waals surface area contributed by atoms with Crippen LogP contribution in [0.5, 0.6) is 0 Å². The highest BCUT2D eigenvalue weighted by molar-refractivity contribution is 7.09. The van der Waals surface area contributed by atoms with Crippen LogP contribution in [0.15, 0.2) is 29.6 Å². The number of likely N-dealkylation sites (N-methyl/N-ethyl adjacent to an activating group) is 1. The highest BCUT2D eigenvalue weighted by atomic mass is 32.1. The number of amides is 1. The molecule has 0 radical (unpaired) electrons. The molecule has 0 bridgehead atoms. The van der Waals surface area contributed by atoms with Crippen molar-refractivity contribution in [1.29, 1.82) is 0 Å². The third kappa shape index (κ3) is 3.96. The van der Waals surface area contributed by atoms with Crippen molar-refractivity contribution >= 4 is 22.9 Å². The van der Waals surface area contributed by atoms with Crippen molar-refractivity contribution in [2.24, 2.45) is 0 Å². The lowest BCUT2D eigenvalue weighted by atomic mass is 10.0. The molecule has 2 atom stereocenters. The summed E-state index contributed by atoms with van der Waals surface area (Å²) in [5.41, 5.74) is 4.41. The summed E-state index contributed by atoms with van der Waals surface area (Å²) in [5.74, 6) is 0.0732. The maximum Gasteiger partial charge on any atom is 0.282 e. The maximum atomic E-state index is 12.5. The SMILES string of the molecule is Cc1cc(C)c(NC(=O)[C@@H](C)[NH+](C)Cc2cccs2)c(C)c1. The van der Waals surface area contributed by atoms with Crippen LogP contribution in [0.3, 0.4) is 0 Å². The Balaban J connectivity index is 2.05. The van der Waals surface area contributed by atoms with Crippen molar-refractivity contribution in [3.8, 4) is 0 Å². The molecular weight excluding hydrogens is 292 g/mol. The maximum absolute atomic E-state index is 12.5. The lowest BCUT2D eigenvalue weighted by molar-refractivity contribution is -0.907. The molecule has 0 saturated heterocycles. The molecular formula is C18H25N2OS+. The first-order valence-electron chi connectivity index (χ1n) is 7.62. The molecule has 1 aromatic carbocycles. The molecule has 0 saturated carbocycles. The van der Waals surface area contributed by atoms with E-state index < -0.39 is 0 Å². The van der Waals surface area contributed by atoms with E-state index in [1.807, 2.05) is 20.8 Å². The highest BCUT2D eigenvalue weighted by Gasteiger charge is 2.23. The third-order valence-electron chi connectivity index (χ3n) is 4.09. The number of hydrogen-bond donors (Lipinski definition) is 2. The van der Waals surface area contributed by atoms with E-state index in [1.165, 1.54) is 15.3 Å². The summed E-state index contributed by atoms with van der Waals surface area (Å²) in [6, 6.07) is 8.29. The first kappa shape index (κ1) is 16.7. The number of aryl methyl sites for hydroxylation is 3. The molecule has 0 aliphatic carbocycles. The van der Waals surface area contributed by atoms with Gasteiger partial charge in [-0.1, -0.05) is 23.8 Å². The molecule has 0 aliphatic rings. The zero-order valence-corrected chi connectivity index (χ0v) is 14.8. The number of hydrogen-bond acceptors (Lipinski definition) is 2. The van der Waals surface area contributed by atoms with Crippen molar-refractivity contribution < 1.29 is 9.69 Å². The average molecular weight is 317 g/mol. The summed E-state index contributed by atoms with van der Waals surface area (Å²) in [5, 5.41) is 5.19. The largest absolute Gasteiger partial charge is 0.323 e. The Kier molecular flexibility index (Phi) is 5.37. The Labute approximate surface area is 137 Å². The fraction of sp³-hybridized carbons (Fsp3) is 0.389. The van der Waals surface area contributed by atoms with Crippen molar-refractivity contribution in [2.45, 2.75) is 40.3 Å². The number of nitrogens with one attached hydrogen (secondary N) is 2. The molecule has 2 N–H and O–H groups in total. The van der Waals surface area contributed by atoms with E-state index in [9.17, 15) is 4.79 Å². The van der Waals surface area contributed by atoms with Gasteiger partial charge in [0.25, 0.3) is 5.91 Å². The molecule has 4 heteroatoms. The number of anilines is 1. The van der Waals surface area contributed by atoms with E-state index in [-0.39, 0.29) is 11.9 Å². The van der Waals surface area contributed by atoms with Gasteiger partial charge in [0.05, 0.1) is 11.9 Å². The lowest BCUT2D eigenvalue weighted by Crippen LogP contribution is -3.12. The van der Waals surface area contributed by atoms with Crippen LogP contribution < -0.4 is 10.2 Å². The van der Waals surface area contributed by atoms with E-state index in [1.54, 1.807) is 11.3 Å². The van der Waals surface area contributed by atoms with Gasteiger partial charge >= 0.3 is 0 Å². The van der Waals surface area contributed by atoms with Crippen LogP contribution in [-0.4, -0.2) is 19.0 Å². The van der Waals surface area contributed by atoms with Crippen LogP contribution in [-0.2, 0) is 11.3 Å². The summed E-state index contributed by atoms with van der Waals surface area (Å²) in [7, 11) is 2.07. The monoisotopic (exact) mass is 317 g/mol. The molecule has 22 heavy (non-hydrogen) atoms. The molecule has 3 nitrogen and oxygen atoms in total. The van der Waals surface area contributed by atoms with Crippen molar-refractivity contribution in [2.75, 3.05) is 12.4 Å². The number of carbonyl (C=O) groups is 1. The zero-order chi connectivity index (χ0) is 16.3. The molecule has 0 aliphatic heterocycles. The zero-order valence-electron chi connectivity index (χ0n) is 14.0. The predicted molar refractivity (Wildman–Crippen MR) is 93.7 cm³/mol. The lowest BCUT2D eigenvalue weighted by Gasteiger charge is -2.21. The van der Waals surface area contributed by atoms with Gasteiger partial charge in [0.15, 0.2) is 6.04 Å². The number of benzene rings is 1. The Morgan fingerprint density at radius 2 is 1.91 bits per heavy atom. The molecule has 118 valence electrons. The highest BCUT2D eigenvalue weighted by Crippen LogP contribution is 2.21. The van der Waals surface area contributed by atoms with Crippen LogP contribution in [0.2, 0.25) is 0 Å². The van der Waals surface area contributed by atoms with Gasteiger partial charge in [-0.05, 0) is 50.3 Å².